The number of anilines is 1. The number of carbonyl (C=O) groups excluding carboxylic acids is 2. The normalized spacial score (nSPS) is 10.1. The molecule has 4 rings (SSSR count). The zero-order valence-electron chi connectivity index (χ0n) is 25.4. The van der Waals surface area contributed by atoms with Crippen molar-refractivity contribution in [2.45, 2.75) is 26.7 Å². The van der Waals surface area contributed by atoms with Crippen molar-refractivity contribution in [3.8, 4) is 23.0 Å². The third-order valence-corrected chi connectivity index (χ3v) is 7.09. The molecule has 0 spiro atoms. The summed E-state index contributed by atoms with van der Waals surface area (Å²) in [5, 5.41) is 0.581. The fourth-order valence-electron chi connectivity index (χ4n) is 3.97. The van der Waals surface area contributed by atoms with Crippen LogP contribution >= 0.6 is 39.1 Å². The first kappa shape index (κ1) is 37.6. The first-order valence-corrected chi connectivity index (χ1v) is 15.5. The van der Waals surface area contributed by atoms with Gasteiger partial charge in [-0.05, 0) is 78.3 Å². The van der Waals surface area contributed by atoms with Gasteiger partial charge in [-0.15, -0.1) is 0 Å². The first-order valence-electron chi connectivity index (χ1n) is 14.0. The molecule has 48 heavy (non-hydrogen) atoms. The Morgan fingerprint density at radius 2 is 1.19 bits per heavy atom. The van der Waals surface area contributed by atoms with Gasteiger partial charge in [0.25, 0.3) is 0 Å². The van der Waals surface area contributed by atoms with Crippen molar-refractivity contribution < 1.29 is 37.3 Å². The van der Waals surface area contributed by atoms with E-state index >= 15 is 0 Å². The van der Waals surface area contributed by atoms with E-state index in [-0.39, 0.29) is 82.3 Å². The van der Waals surface area contributed by atoms with Gasteiger partial charge in [-0.3, -0.25) is 9.59 Å². The molecule has 0 aliphatic rings. The highest BCUT2D eigenvalue weighted by Crippen LogP contribution is 2.38. The number of nitrogen functional groups attached to an aromatic ring is 1. The van der Waals surface area contributed by atoms with Crippen LogP contribution in [0.15, 0.2) is 65.1 Å². The summed E-state index contributed by atoms with van der Waals surface area (Å²) in [6.07, 6.45) is -0.439. The second-order valence-electron chi connectivity index (χ2n) is 9.49. The van der Waals surface area contributed by atoms with Crippen molar-refractivity contribution >= 4 is 68.1 Å². The summed E-state index contributed by atoms with van der Waals surface area (Å²) in [6, 6.07) is 14.6. The number of carbonyl (C=O) groups is 2. The Bertz CT molecular complexity index is 1780. The summed E-state index contributed by atoms with van der Waals surface area (Å²) in [4.78, 5) is 29.6. The van der Waals surface area contributed by atoms with E-state index in [1.807, 2.05) is 0 Å². The van der Waals surface area contributed by atoms with E-state index in [1.54, 1.807) is 19.9 Å². The highest BCUT2D eigenvalue weighted by atomic mass is 79.9. The molecule has 0 amide bonds. The number of halogens is 5. The molecule has 0 aliphatic heterocycles. The molecule has 0 heterocycles. The van der Waals surface area contributed by atoms with Crippen molar-refractivity contribution in [2.75, 3.05) is 18.9 Å². The molecule has 0 aromatic heterocycles. The van der Waals surface area contributed by atoms with Crippen LogP contribution in [0.3, 0.4) is 0 Å². The zero-order chi connectivity index (χ0) is 35.4. The van der Waals surface area contributed by atoms with Crippen LogP contribution in [0.1, 0.15) is 25.0 Å². The highest BCUT2D eigenvalue weighted by Gasteiger charge is 2.19. The Morgan fingerprint density at radius 1 is 0.750 bits per heavy atom. The van der Waals surface area contributed by atoms with Crippen LogP contribution in [0.25, 0.3) is 9.69 Å². The molecule has 0 fully saturated rings. The smallest absolute Gasteiger partial charge is 0.310 e. The number of nitrogens with zero attached hydrogens (tertiary/aromatic N) is 2. The highest BCUT2D eigenvalue weighted by molar-refractivity contribution is 9.10. The molecule has 4 aromatic carbocycles. The summed E-state index contributed by atoms with van der Waals surface area (Å²) < 4.78 is 50.3. The molecule has 4 aromatic rings. The van der Waals surface area contributed by atoms with E-state index in [9.17, 15) is 18.4 Å². The molecule has 0 atom stereocenters. The largest absolute Gasteiger partial charge is 0.466 e. The molecular formula is C34H26BrCl2F2N3O6. The average Bonchev–Trinajstić information content (AvgIpc) is 3.04. The molecule has 2 N–H and O–H groups in total. The summed E-state index contributed by atoms with van der Waals surface area (Å²) in [5.41, 5.74) is 6.60. The standard InChI is InChI=1S/C17H12BrClFNO3.C17H14ClFN2O3/c1-3-23-15(22)6-10-4-5-14(18)17(16(10)20)24-13-8-11(19)7-12(9-13)21-2;1-3-23-15(22)6-10-4-5-14(20)17(16(10)19)24-13-8-11(18)7-12(9-13)21-2/h4-5,7-9H,3,6H2,1H3;4-5,7-9H,3,6,20H2,1H3. The first-order chi connectivity index (χ1) is 22.9. The second-order valence-corrected chi connectivity index (χ2v) is 11.2. The van der Waals surface area contributed by atoms with Crippen LogP contribution in [-0.2, 0) is 31.9 Å². The lowest BCUT2D eigenvalue weighted by molar-refractivity contribution is -0.143. The van der Waals surface area contributed by atoms with Crippen LogP contribution in [-0.4, -0.2) is 25.2 Å². The number of benzene rings is 4. The van der Waals surface area contributed by atoms with E-state index in [1.165, 1.54) is 54.6 Å². The van der Waals surface area contributed by atoms with Crippen molar-refractivity contribution in [3.63, 3.8) is 0 Å². The average molecular weight is 761 g/mol. The van der Waals surface area contributed by atoms with E-state index in [4.69, 9.17) is 61.0 Å². The van der Waals surface area contributed by atoms with Crippen molar-refractivity contribution in [2.24, 2.45) is 0 Å². The summed E-state index contributed by atoms with van der Waals surface area (Å²) in [6.45, 7) is 17.8. The molecule has 14 heteroatoms. The topological polar surface area (TPSA) is 106 Å². The molecule has 0 bridgehead atoms. The van der Waals surface area contributed by atoms with Gasteiger partial charge < -0.3 is 24.7 Å². The third-order valence-electron chi connectivity index (χ3n) is 6.03. The number of ether oxygens (including phenoxy) is 4. The summed E-state index contributed by atoms with van der Waals surface area (Å²) in [7, 11) is 0. The SMILES string of the molecule is [C-]#[N+]c1cc(Cl)cc(Oc2c(Br)ccc(CC(=O)OCC)c2F)c1.[C-]#[N+]c1cc(Cl)cc(Oc2c(N)ccc(CC(=O)OCC)c2F)c1. The van der Waals surface area contributed by atoms with Crippen LogP contribution in [0.2, 0.25) is 10.0 Å². The van der Waals surface area contributed by atoms with Gasteiger partial charge in [-0.1, -0.05) is 35.3 Å². The molecule has 0 aliphatic carbocycles. The number of nitrogens with two attached hydrogens (primary N) is 1. The fourth-order valence-corrected chi connectivity index (χ4v) is 4.79. The number of hydrogen-bond acceptors (Lipinski definition) is 7. The molecular weight excluding hydrogens is 735 g/mol. The van der Waals surface area contributed by atoms with Gasteiger partial charge in [0.1, 0.15) is 11.5 Å². The van der Waals surface area contributed by atoms with E-state index in [0.29, 0.717) is 9.50 Å². The van der Waals surface area contributed by atoms with Crippen LogP contribution in [0, 0.1) is 24.8 Å². The van der Waals surface area contributed by atoms with Gasteiger partial charge in [0.15, 0.2) is 34.5 Å². The molecule has 0 saturated carbocycles. The minimum absolute atomic E-state index is 0.0597. The predicted octanol–water partition coefficient (Wildman–Crippen LogP) is 10.2. The molecule has 248 valence electrons. The Morgan fingerprint density at radius 3 is 1.65 bits per heavy atom. The fraction of sp³-hybridized carbons (Fsp3) is 0.176. The van der Waals surface area contributed by atoms with Crippen LogP contribution in [0.4, 0.5) is 25.8 Å². The molecule has 0 saturated heterocycles. The van der Waals surface area contributed by atoms with Crippen LogP contribution < -0.4 is 15.2 Å². The van der Waals surface area contributed by atoms with Gasteiger partial charge >= 0.3 is 11.9 Å². The molecule has 0 unspecified atom stereocenters. The maximum Gasteiger partial charge on any atom is 0.310 e. The lowest BCUT2D eigenvalue weighted by Gasteiger charge is -2.13. The van der Waals surface area contributed by atoms with Gasteiger partial charge in [-0.2, -0.15) is 0 Å². The van der Waals surface area contributed by atoms with Gasteiger partial charge in [0, 0.05) is 21.2 Å². The van der Waals surface area contributed by atoms with Crippen molar-refractivity contribution in [1.82, 2.24) is 0 Å². The van der Waals surface area contributed by atoms with Crippen molar-refractivity contribution in [3.05, 3.63) is 121 Å². The quantitative estimate of drug-likeness (QED) is 0.0974. The Balaban J connectivity index is 0.000000260. The van der Waals surface area contributed by atoms with Crippen LogP contribution in [0.5, 0.6) is 23.0 Å². The minimum atomic E-state index is -0.757. The van der Waals surface area contributed by atoms with E-state index in [0.717, 1.165) is 0 Å². The van der Waals surface area contributed by atoms with E-state index in [2.05, 4.69) is 25.6 Å². The number of rotatable bonds is 10. The minimum Gasteiger partial charge on any atom is -0.466 e. The predicted molar refractivity (Wildman–Crippen MR) is 181 cm³/mol. The Hall–Kier alpha value is -4.88. The van der Waals surface area contributed by atoms with E-state index < -0.39 is 23.6 Å². The lowest BCUT2D eigenvalue weighted by atomic mass is 10.1. The number of hydrogen-bond donors (Lipinski definition) is 1. The van der Waals surface area contributed by atoms with Gasteiger partial charge in [0.2, 0.25) is 0 Å². The van der Waals surface area contributed by atoms with Gasteiger partial charge in [0.05, 0.1) is 49.4 Å². The second kappa shape index (κ2) is 17.9. The maximum atomic E-state index is 14.6. The lowest BCUT2D eigenvalue weighted by Crippen LogP contribution is -2.10. The Labute approximate surface area is 293 Å². The number of esters is 2. The zero-order valence-corrected chi connectivity index (χ0v) is 28.5. The third kappa shape index (κ3) is 10.6. The summed E-state index contributed by atoms with van der Waals surface area (Å²) in [5.74, 6) is -2.43. The summed E-state index contributed by atoms with van der Waals surface area (Å²) >= 11 is 15.0. The van der Waals surface area contributed by atoms with Crippen molar-refractivity contribution in [1.29, 1.82) is 0 Å². The van der Waals surface area contributed by atoms with Gasteiger partial charge in [-0.25, -0.2) is 18.5 Å². The maximum absolute atomic E-state index is 14.6. The molecule has 0 radical (unpaired) electrons. The Kier molecular flexibility index (Phi) is 14.0. The molecule has 9 nitrogen and oxygen atoms in total. The monoisotopic (exact) mass is 759 g/mol.